The molecule has 1 aromatic carbocycles. The van der Waals surface area contributed by atoms with Gasteiger partial charge in [0.25, 0.3) is 5.91 Å². The third-order valence-corrected chi connectivity index (χ3v) is 6.96. The van der Waals surface area contributed by atoms with Gasteiger partial charge in [-0.3, -0.25) is 4.79 Å². The third-order valence-electron chi connectivity index (χ3n) is 6.96. The van der Waals surface area contributed by atoms with Crippen molar-refractivity contribution >= 4 is 23.1 Å². The van der Waals surface area contributed by atoms with Crippen LogP contribution in [-0.2, 0) is 10.2 Å². The number of hydrogen-bond acceptors (Lipinski definition) is 7. The summed E-state index contributed by atoms with van der Waals surface area (Å²) >= 11 is 0. The van der Waals surface area contributed by atoms with E-state index in [1.807, 2.05) is 38.3 Å². The van der Waals surface area contributed by atoms with Gasteiger partial charge >= 0.3 is 0 Å². The molecule has 0 unspecified atom stereocenters. The molecule has 1 N–H and O–H groups in total. The lowest BCUT2D eigenvalue weighted by Crippen LogP contribution is -2.37. The Morgan fingerprint density at radius 1 is 1.13 bits per heavy atom. The molecule has 4 heterocycles. The number of ether oxygens (including phenoxy) is 1. The summed E-state index contributed by atoms with van der Waals surface area (Å²) in [5.74, 6) is 1.59. The Morgan fingerprint density at radius 2 is 1.89 bits per heavy atom. The minimum Gasteiger partial charge on any atom is -0.435 e. The van der Waals surface area contributed by atoms with Gasteiger partial charge in [0.2, 0.25) is 11.7 Å². The maximum absolute atomic E-state index is 15.0. The number of fused-ring (bicyclic) bond motifs is 1. The zero-order valence-electron chi connectivity index (χ0n) is 22.0. The second kappa shape index (κ2) is 9.20. The van der Waals surface area contributed by atoms with Crippen LogP contribution in [0, 0.1) is 12.7 Å². The Labute approximate surface area is 220 Å². The molecule has 38 heavy (non-hydrogen) atoms. The van der Waals surface area contributed by atoms with Gasteiger partial charge in [0.15, 0.2) is 11.5 Å². The summed E-state index contributed by atoms with van der Waals surface area (Å²) < 4.78 is 28.1. The van der Waals surface area contributed by atoms with Crippen LogP contribution < -0.4 is 10.2 Å². The van der Waals surface area contributed by atoms with Crippen LogP contribution >= 0.6 is 0 Å². The van der Waals surface area contributed by atoms with E-state index in [1.54, 1.807) is 6.07 Å². The molecule has 1 aliphatic carbocycles. The predicted octanol–water partition coefficient (Wildman–Crippen LogP) is 5.10. The highest BCUT2D eigenvalue weighted by Gasteiger charge is 2.29. The van der Waals surface area contributed by atoms with Crippen LogP contribution in [0.4, 0.5) is 15.9 Å². The summed E-state index contributed by atoms with van der Waals surface area (Å²) in [4.78, 5) is 24.2. The van der Waals surface area contributed by atoms with E-state index in [0.29, 0.717) is 25.0 Å². The zero-order chi connectivity index (χ0) is 26.6. The van der Waals surface area contributed by atoms with Crippen LogP contribution in [0.2, 0.25) is 0 Å². The van der Waals surface area contributed by atoms with Crippen molar-refractivity contribution in [2.24, 2.45) is 0 Å². The average Bonchev–Trinajstić information content (AvgIpc) is 3.43. The molecule has 0 radical (unpaired) electrons. The smallest absolute Gasteiger partial charge is 0.293 e. The Balaban J connectivity index is 1.38. The fraction of sp³-hybridized carbons (Fsp3) is 0.429. The molecule has 1 amide bonds. The number of nitrogens with one attached hydrogen (secondary N) is 1. The van der Waals surface area contributed by atoms with Crippen molar-refractivity contribution in [3.8, 4) is 11.1 Å². The maximum atomic E-state index is 15.0. The summed E-state index contributed by atoms with van der Waals surface area (Å²) in [5, 5.41) is 7.48. The van der Waals surface area contributed by atoms with Crippen molar-refractivity contribution in [3.05, 3.63) is 59.3 Å². The van der Waals surface area contributed by atoms with E-state index in [1.165, 1.54) is 12.3 Å². The molecule has 1 saturated heterocycles. The Hall–Kier alpha value is -3.79. The van der Waals surface area contributed by atoms with Crippen LogP contribution in [0.1, 0.15) is 67.4 Å². The number of oxazole rings is 1. The lowest BCUT2D eigenvalue weighted by molar-refractivity contribution is 0.0992. The van der Waals surface area contributed by atoms with Crippen molar-refractivity contribution in [3.63, 3.8) is 0 Å². The number of aryl methyl sites for hydroxylation is 1. The summed E-state index contributed by atoms with van der Waals surface area (Å²) in [6.45, 7) is 10.4. The molecule has 1 aliphatic heterocycles. The van der Waals surface area contributed by atoms with Gasteiger partial charge in [0.05, 0.1) is 25.1 Å². The second-order valence-electron chi connectivity index (χ2n) is 11.1. The standard InChI is InChI=1S/C28H31FN6O3/c1-16-11-20(29)21(31-26(36)22-15-30-27(38-22)28(2,3)4)14-19(16)18-12-23-32-25(17-5-6-17)33-35(23)24(13-18)34-7-9-37-10-8-34/h11-15,17H,5-10H2,1-4H3,(H,31,36). The lowest BCUT2D eigenvalue weighted by Gasteiger charge is -2.29. The van der Waals surface area contributed by atoms with Gasteiger partial charge in [0.1, 0.15) is 11.6 Å². The number of nitrogens with zero attached hydrogens (tertiary/aromatic N) is 5. The Bertz CT molecular complexity index is 1530. The van der Waals surface area contributed by atoms with Gasteiger partial charge in [0, 0.05) is 24.4 Å². The molecule has 2 aliphatic rings. The SMILES string of the molecule is Cc1cc(F)c(NC(=O)c2cnc(C(C)(C)C)o2)cc1-c1cc(N2CCOCC2)n2nc(C3CC3)nc2c1. The minimum absolute atomic E-state index is 0.0311. The maximum Gasteiger partial charge on any atom is 0.293 e. The summed E-state index contributed by atoms with van der Waals surface area (Å²) in [5.41, 5.74) is 2.88. The molecule has 4 aromatic rings. The molecular formula is C28H31FN6O3. The van der Waals surface area contributed by atoms with Crippen molar-refractivity contribution < 1.29 is 18.3 Å². The molecular weight excluding hydrogens is 487 g/mol. The van der Waals surface area contributed by atoms with Crippen molar-refractivity contribution in [2.75, 3.05) is 36.5 Å². The molecule has 198 valence electrons. The first kappa shape index (κ1) is 24.5. The van der Waals surface area contributed by atoms with Crippen molar-refractivity contribution in [1.82, 2.24) is 19.6 Å². The number of aromatic nitrogens is 4. The normalized spacial score (nSPS) is 16.3. The number of amides is 1. The van der Waals surface area contributed by atoms with Crippen molar-refractivity contribution in [2.45, 2.75) is 51.9 Å². The van der Waals surface area contributed by atoms with Crippen LogP contribution in [0.15, 0.2) is 34.9 Å². The van der Waals surface area contributed by atoms with E-state index in [9.17, 15) is 4.79 Å². The van der Waals surface area contributed by atoms with Crippen molar-refractivity contribution in [1.29, 1.82) is 0 Å². The number of pyridine rings is 1. The van der Waals surface area contributed by atoms with Gasteiger partial charge in [-0.1, -0.05) is 20.8 Å². The largest absolute Gasteiger partial charge is 0.435 e. The predicted molar refractivity (Wildman–Crippen MR) is 141 cm³/mol. The molecule has 0 spiro atoms. The molecule has 2 fully saturated rings. The number of carbonyl (C=O) groups excluding carboxylic acids is 1. The number of carbonyl (C=O) groups is 1. The van der Waals surface area contributed by atoms with Gasteiger partial charge in [-0.15, -0.1) is 5.10 Å². The monoisotopic (exact) mass is 518 g/mol. The number of morpholine rings is 1. The quantitative estimate of drug-likeness (QED) is 0.393. The number of hydrogen-bond donors (Lipinski definition) is 1. The highest BCUT2D eigenvalue weighted by Crippen LogP contribution is 2.39. The van der Waals surface area contributed by atoms with E-state index >= 15 is 4.39 Å². The highest BCUT2D eigenvalue weighted by molar-refractivity contribution is 6.02. The van der Waals surface area contributed by atoms with Crippen LogP contribution in [0.25, 0.3) is 16.8 Å². The molecule has 3 aromatic heterocycles. The molecule has 6 rings (SSSR count). The van der Waals surface area contributed by atoms with Gasteiger partial charge in [-0.25, -0.2) is 14.4 Å². The van der Waals surface area contributed by atoms with Crippen LogP contribution in [0.5, 0.6) is 0 Å². The summed E-state index contributed by atoms with van der Waals surface area (Å²) in [7, 11) is 0. The number of anilines is 2. The van der Waals surface area contributed by atoms with E-state index < -0.39 is 11.7 Å². The molecule has 0 atom stereocenters. The molecule has 10 heteroatoms. The highest BCUT2D eigenvalue weighted by atomic mass is 19.1. The minimum atomic E-state index is -0.558. The molecule has 0 bridgehead atoms. The van der Waals surface area contributed by atoms with Crippen LogP contribution in [-0.4, -0.2) is 51.8 Å². The van der Waals surface area contributed by atoms with Gasteiger partial charge < -0.3 is 19.4 Å². The van der Waals surface area contributed by atoms with Gasteiger partial charge in [-0.05, 0) is 60.7 Å². The Morgan fingerprint density at radius 3 is 2.58 bits per heavy atom. The lowest BCUT2D eigenvalue weighted by atomic mass is 9.97. The average molecular weight is 519 g/mol. The van der Waals surface area contributed by atoms with E-state index in [0.717, 1.165) is 59.9 Å². The zero-order valence-corrected chi connectivity index (χ0v) is 22.0. The molecule has 1 saturated carbocycles. The van der Waals surface area contributed by atoms with Gasteiger partial charge in [-0.2, -0.15) is 4.52 Å². The summed E-state index contributed by atoms with van der Waals surface area (Å²) in [6.07, 6.45) is 3.59. The van der Waals surface area contributed by atoms with E-state index in [2.05, 4.69) is 21.3 Å². The van der Waals surface area contributed by atoms with Crippen LogP contribution in [0.3, 0.4) is 0 Å². The Kier molecular flexibility index (Phi) is 5.94. The third kappa shape index (κ3) is 4.64. The first-order valence-electron chi connectivity index (χ1n) is 13.0. The first-order valence-corrected chi connectivity index (χ1v) is 13.0. The fourth-order valence-electron chi connectivity index (χ4n) is 4.66. The number of benzene rings is 1. The van der Waals surface area contributed by atoms with E-state index in [-0.39, 0.29) is 16.9 Å². The second-order valence-corrected chi connectivity index (χ2v) is 11.1. The first-order chi connectivity index (χ1) is 18.2. The van der Waals surface area contributed by atoms with E-state index in [4.69, 9.17) is 19.2 Å². The number of halogens is 1. The summed E-state index contributed by atoms with van der Waals surface area (Å²) in [6, 6.07) is 7.13. The fourth-order valence-corrected chi connectivity index (χ4v) is 4.66. The number of rotatable bonds is 5. The topological polar surface area (TPSA) is 97.8 Å². The molecule has 9 nitrogen and oxygen atoms in total.